The zero-order valence-corrected chi connectivity index (χ0v) is 32.0. The molecule has 1 amide bonds. The molecule has 8 nitrogen and oxygen atoms in total. The highest BCUT2D eigenvalue weighted by Crippen LogP contribution is 2.25. The van der Waals surface area contributed by atoms with Crippen molar-refractivity contribution in [1.82, 2.24) is 5.32 Å². The van der Waals surface area contributed by atoms with Crippen LogP contribution in [0.1, 0.15) is 55.1 Å². The lowest BCUT2D eigenvalue weighted by atomic mass is 10.1. The quantitative estimate of drug-likeness (QED) is 0.135. The van der Waals surface area contributed by atoms with E-state index in [4.69, 9.17) is 10.5 Å². The fraction of sp³-hybridized carbons (Fsp3) is 0.256. The molecule has 0 bridgehead atoms. The van der Waals surface area contributed by atoms with Crippen molar-refractivity contribution >= 4 is 68.6 Å². The van der Waals surface area contributed by atoms with Crippen molar-refractivity contribution in [2.75, 3.05) is 11.5 Å². The number of amides is 1. The van der Waals surface area contributed by atoms with Gasteiger partial charge in [0.1, 0.15) is 5.60 Å². The molecule has 2 heterocycles. The molecule has 0 spiro atoms. The zero-order valence-electron chi connectivity index (χ0n) is 28.7. The molecule has 12 heteroatoms. The van der Waals surface area contributed by atoms with E-state index in [2.05, 4.69) is 5.32 Å². The van der Waals surface area contributed by atoms with Gasteiger partial charge in [-0.2, -0.15) is 0 Å². The Bertz CT molecular complexity index is 2280. The minimum Gasteiger partial charge on any atom is -0.444 e. The number of fused-ring (bicyclic) bond motifs is 2. The molecule has 0 aliphatic carbocycles. The van der Waals surface area contributed by atoms with Gasteiger partial charge in [0.25, 0.3) is 0 Å². The number of hydrogen-bond donors (Lipinski definition) is 2. The van der Waals surface area contributed by atoms with Crippen LogP contribution in [0.2, 0.25) is 0 Å². The van der Waals surface area contributed by atoms with Gasteiger partial charge < -0.3 is 15.8 Å². The van der Waals surface area contributed by atoms with E-state index in [9.17, 15) is 21.6 Å². The topological polar surface area (TPSA) is 133 Å². The first-order valence-corrected chi connectivity index (χ1v) is 21.7. The molecule has 0 saturated heterocycles. The lowest BCUT2D eigenvalue weighted by Gasteiger charge is -2.24. The fourth-order valence-corrected chi connectivity index (χ4v) is 10.2. The fourth-order valence-electron chi connectivity index (χ4n) is 5.52. The number of benzene rings is 4. The van der Waals surface area contributed by atoms with E-state index in [1.165, 1.54) is 4.70 Å². The van der Waals surface area contributed by atoms with Crippen molar-refractivity contribution in [2.24, 2.45) is 5.73 Å². The maximum atomic E-state index is 12.9. The normalized spacial score (nSPS) is 13.3. The molecule has 0 aliphatic rings. The Morgan fingerprint density at radius 2 is 1.16 bits per heavy atom. The van der Waals surface area contributed by atoms with Crippen LogP contribution in [0.5, 0.6) is 0 Å². The molecule has 3 N–H and O–H groups in total. The molecule has 0 unspecified atom stereocenters. The molecular formula is C39H42N2O6S4. The third-order valence-electron chi connectivity index (χ3n) is 7.78. The summed E-state index contributed by atoms with van der Waals surface area (Å²) in [6.07, 6.45) is -0.638. The molecule has 6 aromatic rings. The number of nitrogens with one attached hydrogen (secondary N) is 1. The van der Waals surface area contributed by atoms with Gasteiger partial charge in [0, 0.05) is 15.4 Å². The van der Waals surface area contributed by atoms with E-state index in [-0.39, 0.29) is 23.0 Å². The van der Waals surface area contributed by atoms with Crippen molar-refractivity contribution in [3.8, 4) is 0 Å². The molecule has 0 saturated carbocycles. The van der Waals surface area contributed by atoms with Crippen LogP contribution >= 0.6 is 22.7 Å². The summed E-state index contributed by atoms with van der Waals surface area (Å²) in [6.45, 7) is 5.30. The molecule has 2 aromatic heterocycles. The van der Waals surface area contributed by atoms with Crippen LogP contribution in [-0.4, -0.2) is 40.0 Å². The summed E-state index contributed by atoms with van der Waals surface area (Å²) in [7, 11) is -6.75. The average molecular weight is 763 g/mol. The number of rotatable bonds is 11. The molecule has 0 fully saturated rings. The van der Waals surface area contributed by atoms with Crippen molar-refractivity contribution in [1.29, 1.82) is 0 Å². The Labute approximate surface area is 308 Å². The Balaban J connectivity index is 0.000000205. The van der Waals surface area contributed by atoms with Crippen LogP contribution in [0.15, 0.2) is 120 Å². The second-order valence-corrected chi connectivity index (χ2v) is 19.4. The maximum absolute atomic E-state index is 12.9. The third kappa shape index (κ3) is 11.7. The van der Waals surface area contributed by atoms with E-state index in [0.29, 0.717) is 0 Å². The van der Waals surface area contributed by atoms with Gasteiger partial charge in [-0.05, 0) is 101 Å². The summed E-state index contributed by atoms with van der Waals surface area (Å²) in [4.78, 5) is 12.3. The van der Waals surface area contributed by atoms with E-state index in [0.717, 1.165) is 37.7 Å². The molecular weight excluding hydrogens is 721 g/mol. The second-order valence-electron chi connectivity index (χ2n) is 13.3. The van der Waals surface area contributed by atoms with Crippen LogP contribution < -0.4 is 11.1 Å². The molecule has 6 rings (SSSR count). The number of hydrogen-bond acceptors (Lipinski definition) is 9. The first-order chi connectivity index (χ1) is 24.1. The molecule has 51 heavy (non-hydrogen) atoms. The molecule has 0 aliphatic heterocycles. The van der Waals surface area contributed by atoms with Crippen LogP contribution in [-0.2, 0) is 35.9 Å². The highest BCUT2D eigenvalue weighted by molar-refractivity contribution is 7.90. The van der Waals surface area contributed by atoms with Crippen molar-refractivity contribution in [3.63, 3.8) is 0 Å². The number of carbonyl (C=O) groups is 1. The predicted octanol–water partition coefficient (Wildman–Crippen LogP) is 8.60. The molecule has 268 valence electrons. The SMILES string of the molecule is CC(C)(C)OC(=O)N[C@H](CS(=O)(=O)Cc1ccc2sccc2c1)c1ccccc1.N[C@H](CS(=O)(=O)Cc1ccc2sccc2c1)c1ccccc1. The van der Waals surface area contributed by atoms with Gasteiger partial charge in [0.2, 0.25) is 0 Å². The van der Waals surface area contributed by atoms with Gasteiger partial charge in [-0.15, -0.1) is 22.7 Å². The predicted molar refractivity (Wildman–Crippen MR) is 211 cm³/mol. The zero-order chi connectivity index (χ0) is 36.6. The summed E-state index contributed by atoms with van der Waals surface area (Å²) in [5, 5.41) is 8.84. The van der Waals surface area contributed by atoms with Crippen LogP contribution in [0.3, 0.4) is 0 Å². The summed E-state index contributed by atoms with van der Waals surface area (Å²) >= 11 is 3.27. The summed E-state index contributed by atoms with van der Waals surface area (Å²) in [5.41, 5.74) is 8.48. The van der Waals surface area contributed by atoms with E-state index < -0.39 is 43.5 Å². The lowest BCUT2D eigenvalue weighted by molar-refractivity contribution is 0.0508. The number of ether oxygens (including phenoxy) is 1. The van der Waals surface area contributed by atoms with Crippen molar-refractivity contribution in [3.05, 3.63) is 142 Å². The standard InChI is InChI=1S/C22H25NO4S2.C17H17NO2S2/c1-22(2,3)27-21(24)23-19(17-7-5-4-6-8-17)15-29(25,26)14-16-9-10-20-18(13-16)11-12-28-20;18-16(14-4-2-1-3-5-14)12-22(19,20)11-13-6-7-17-15(10-13)8-9-21-17/h4-13,19H,14-15H2,1-3H3,(H,23,24);1-10,16H,11-12,18H2/t19-;16-/m11/s1. The van der Waals surface area contributed by atoms with Crippen LogP contribution in [0, 0.1) is 0 Å². The van der Waals surface area contributed by atoms with Gasteiger partial charge in [-0.3, -0.25) is 0 Å². The number of sulfone groups is 2. The van der Waals surface area contributed by atoms with E-state index in [1.54, 1.807) is 55.6 Å². The van der Waals surface area contributed by atoms with Gasteiger partial charge in [0.05, 0.1) is 29.1 Å². The average Bonchev–Trinajstić information content (AvgIpc) is 3.73. The second kappa shape index (κ2) is 16.5. The number of carbonyl (C=O) groups excluding carboxylic acids is 1. The van der Waals surface area contributed by atoms with Gasteiger partial charge in [0.15, 0.2) is 19.7 Å². The summed E-state index contributed by atoms with van der Waals surface area (Å²) in [6, 6.07) is 32.7. The highest BCUT2D eigenvalue weighted by Gasteiger charge is 2.26. The monoisotopic (exact) mass is 762 g/mol. The first-order valence-electron chi connectivity index (χ1n) is 16.3. The molecule has 2 atom stereocenters. The van der Waals surface area contributed by atoms with Crippen molar-refractivity contribution in [2.45, 2.75) is 50.0 Å². The Kier molecular flexibility index (Phi) is 12.4. The van der Waals surface area contributed by atoms with Gasteiger partial charge >= 0.3 is 6.09 Å². The molecule has 4 aromatic carbocycles. The smallest absolute Gasteiger partial charge is 0.408 e. The number of alkyl carbamates (subject to hydrolysis) is 1. The highest BCUT2D eigenvalue weighted by atomic mass is 32.2. The Morgan fingerprint density at radius 3 is 1.65 bits per heavy atom. The summed E-state index contributed by atoms with van der Waals surface area (Å²) < 4.78 is 58.2. The van der Waals surface area contributed by atoms with Gasteiger partial charge in [-0.25, -0.2) is 21.6 Å². The number of nitrogens with two attached hydrogens (primary N) is 1. The Hall–Kier alpha value is -4.07. The minimum atomic E-state index is -3.49. The first kappa shape index (κ1) is 38.2. The number of thiophene rings is 2. The Morgan fingerprint density at radius 1 is 0.686 bits per heavy atom. The van der Waals surface area contributed by atoms with E-state index in [1.807, 2.05) is 108 Å². The van der Waals surface area contributed by atoms with Crippen molar-refractivity contribution < 1.29 is 26.4 Å². The summed E-state index contributed by atoms with van der Waals surface area (Å²) in [5.74, 6) is -0.311. The largest absolute Gasteiger partial charge is 0.444 e. The minimum absolute atomic E-state index is 0.0271. The maximum Gasteiger partial charge on any atom is 0.408 e. The lowest BCUT2D eigenvalue weighted by Crippen LogP contribution is -2.37. The van der Waals surface area contributed by atoms with Crippen LogP contribution in [0.25, 0.3) is 20.2 Å². The third-order valence-corrected chi connectivity index (χ3v) is 12.8. The van der Waals surface area contributed by atoms with Gasteiger partial charge in [-0.1, -0.05) is 72.8 Å². The van der Waals surface area contributed by atoms with E-state index >= 15 is 0 Å². The van der Waals surface area contributed by atoms with Crippen LogP contribution in [0.4, 0.5) is 4.79 Å². The molecule has 0 radical (unpaired) electrons.